The molecule has 3 N–H and O–H groups in total. The molecular formula is C16H23N5O4. The summed E-state index contributed by atoms with van der Waals surface area (Å²) in [5, 5.41) is 22.0. The van der Waals surface area contributed by atoms with Gasteiger partial charge in [0.05, 0.1) is 6.10 Å². The molecular weight excluding hydrogens is 326 g/mol. The van der Waals surface area contributed by atoms with Gasteiger partial charge in [-0.2, -0.15) is 0 Å². The second-order valence-corrected chi connectivity index (χ2v) is 6.39. The monoisotopic (exact) mass is 349 g/mol. The minimum atomic E-state index is -0.697. The number of aliphatic hydroxyl groups excluding tert-OH is 2. The third-order valence-corrected chi connectivity index (χ3v) is 4.36. The Morgan fingerprint density at radius 1 is 1.40 bits per heavy atom. The Hall–Kier alpha value is -2.23. The molecule has 0 saturated carbocycles. The predicted molar refractivity (Wildman–Crippen MR) is 90.6 cm³/mol. The molecule has 0 spiro atoms. The van der Waals surface area contributed by atoms with E-state index in [1.54, 1.807) is 6.07 Å². The second-order valence-electron chi connectivity index (χ2n) is 6.39. The lowest BCUT2D eigenvalue weighted by Crippen LogP contribution is -2.40. The lowest BCUT2D eigenvalue weighted by Gasteiger charge is -2.21. The van der Waals surface area contributed by atoms with E-state index in [1.165, 1.54) is 15.6 Å². The van der Waals surface area contributed by atoms with Crippen LogP contribution < -0.4 is 5.56 Å². The number of hydrogen-bond donors (Lipinski definition) is 3. The SMILES string of the molecule is Cc1cc2ncc(C(=O)N3CCN(CCCO)CC(O)C3)c(=O)n2[nH]1. The molecule has 0 aliphatic carbocycles. The first-order valence-electron chi connectivity index (χ1n) is 8.37. The molecule has 9 heteroatoms. The van der Waals surface area contributed by atoms with Crippen molar-refractivity contribution in [3.63, 3.8) is 0 Å². The van der Waals surface area contributed by atoms with Gasteiger partial charge >= 0.3 is 0 Å². The lowest BCUT2D eigenvalue weighted by atomic mass is 10.2. The number of aryl methyl sites for hydroxylation is 1. The number of amides is 1. The Morgan fingerprint density at radius 2 is 2.20 bits per heavy atom. The van der Waals surface area contributed by atoms with Crippen molar-refractivity contribution in [2.24, 2.45) is 0 Å². The number of carbonyl (C=O) groups excluding carboxylic acids is 1. The van der Waals surface area contributed by atoms with Crippen molar-refractivity contribution < 1.29 is 15.0 Å². The molecule has 1 amide bonds. The van der Waals surface area contributed by atoms with Crippen molar-refractivity contribution in [3.05, 3.63) is 33.9 Å². The fraction of sp³-hybridized carbons (Fsp3) is 0.562. The zero-order valence-electron chi connectivity index (χ0n) is 14.2. The van der Waals surface area contributed by atoms with Crippen LogP contribution in [-0.4, -0.2) is 86.0 Å². The molecule has 2 aromatic rings. The summed E-state index contributed by atoms with van der Waals surface area (Å²) in [5.74, 6) is -0.429. The standard InChI is InChI=1S/C16H23N5O4/c1-11-7-14-17-8-13(16(25)21(14)18-11)15(24)20-5-4-19(3-2-6-22)9-12(23)10-20/h7-8,12,18,22-23H,2-6,9-10H2,1H3. The molecule has 3 heterocycles. The van der Waals surface area contributed by atoms with Crippen LogP contribution in [0.25, 0.3) is 5.65 Å². The maximum absolute atomic E-state index is 12.8. The number of aromatic nitrogens is 3. The molecule has 1 fully saturated rings. The van der Waals surface area contributed by atoms with Gasteiger partial charge in [-0.15, -0.1) is 0 Å². The summed E-state index contributed by atoms with van der Waals surface area (Å²) in [5.41, 5.74) is 0.776. The number of carbonyl (C=O) groups is 1. The maximum atomic E-state index is 12.8. The maximum Gasteiger partial charge on any atom is 0.285 e. The Bertz CT molecular complexity index is 814. The van der Waals surface area contributed by atoms with E-state index in [1.807, 2.05) is 11.8 Å². The highest BCUT2D eigenvalue weighted by atomic mass is 16.3. The number of aliphatic hydroxyl groups is 2. The number of H-pyrrole nitrogens is 1. The fourth-order valence-corrected chi connectivity index (χ4v) is 3.13. The number of hydrogen-bond acceptors (Lipinski definition) is 6. The van der Waals surface area contributed by atoms with Crippen LogP contribution in [0.2, 0.25) is 0 Å². The van der Waals surface area contributed by atoms with E-state index in [0.717, 1.165) is 5.69 Å². The van der Waals surface area contributed by atoms with E-state index >= 15 is 0 Å². The summed E-state index contributed by atoms with van der Waals surface area (Å²) in [4.78, 5) is 33.0. The van der Waals surface area contributed by atoms with Crippen LogP contribution in [0.1, 0.15) is 22.5 Å². The molecule has 2 aromatic heterocycles. The van der Waals surface area contributed by atoms with E-state index in [9.17, 15) is 14.7 Å². The van der Waals surface area contributed by atoms with Gasteiger partial charge in [-0.05, 0) is 13.3 Å². The molecule has 1 atom stereocenters. The van der Waals surface area contributed by atoms with Gasteiger partial charge in [0.25, 0.3) is 11.5 Å². The van der Waals surface area contributed by atoms with E-state index < -0.39 is 17.6 Å². The van der Waals surface area contributed by atoms with E-state index in [-0.39, 0.29) is 18.7 Å². The van der Waals surface area contributed by atoms with E-state index in [2.05, 4.69) is 10.1 Å². The van der Waals surface area contributed by atoms with Crippen LogP contribution in [-0.2, 0) is 0 Å². The molecule has 9 nitrogen and oxygen atoms in total. The average Bonchev–Trinajstić information content (AvgIpc) is 2.86. The largest absolute Gasteiger partial charge is 0.396 e. The van der Waals surface area contributed by atoms with Gasteiger partial charge in [0.2, 0.25) is 0 Å². The normalized spacial score (nSPS) is 19.3. The van der Waals surface area contributed by atoms with Crippen LogP contribution in [0.5, 0.6) is 0 Å². The quantitative estimate of drug-likeness (QED) is 0.641. The zero-order valence-corrected chi connectivity index (χ0v) is 14.2. The molecule has 1 aliphatic heterocycles. The molecule has 0 radical (unpaired) electrons. The van der Waals surface area contributed by atoms with Gasteiger partial charge in [0.1, 0.15) is 5.56 Å². The summed E-state index contributed by atoms with van der Waals surface area (Å²) in [7, 11) is 0. The van der Waals surface area contributed by atoms with Gasteiger partial charge < -0.3 is 15.1 Å². The van der Waals surface area contributed by atoms with Crippen molar-refractivity contribution in [1.82, 2.24) is 24.4 Å². The Balaban J connectivity index is 1.80. The number of nitrogens with zero attached hydrogens (tertiary/aromatic N) is 4. The van der Waals surface area contributed by atoms with Gasteiger partial charge in [0.15, 0.2) is 5.65 Å². The third-order valence-electron chi connectivity index (χ3n) is 4.36. The molecule has 3 rings (SSSR count). The summed E-state index contributed by atoms with van der Waals surface area (Å²) < 4.78 is 1.25. The number of nitrogens with one attached hydrogen (secondary N) is 1. The molecule has 0 aromatic carbocycles. The van der Waals surface area contributed by atoms with Crippen LogP contribution in [0, 0.1) is 6.92 Å². The van der Waals surface area contributed by atoms with Crippen molar-refractivity contribution in [2.45, 2.75) is 19.4 Å². The second kappa shape index (κ2) is 7.34. The van der Waals surface area contributed by atoms with Crippen molar-refractivity contribution in [1.29, 1.82) is 0 Å². The van der Waals surface area contributed by atoms with Crippen LogP contribution >= 0.6 is 0 Å². The van der Waals surface area contributed by atoms with Crippen LogP contribution in [0.3, 0.4) is 0 Å². The van der Waals surface area contributed by atoms with E-state index in [0.29, 0.717) is 38.2 Å². The molecule has 1 unspecified atom stereocenters. The van der Waals surface area contributed by atoms with Gasteiger partial charge in [0, 0.05) is 57.3 Å². The smallest absolute Gasteiger partial charge is 0.285 e. The fourth-order valence-electron chi connectivity index (χ4n) is 3.13. The summed E-state index contributed by atoms with van der Waals surface area (Å²) in [6.07, 6.45) is 1.22. The number of β-amino-alcohol motifs (C(OH)–C–C–N with tert-alkyl or cyclic N) is 1. The summed E-state index contributed by atoms with van der Waals surface area (Å²) >= 11 is 0. The summed E-state index contributed by atoms with van der Waals surface area (Å²) in [6, 6.07) is 1.73. The minimum Gasteiger partial charge on any atom is -0.396 e. The molecule has 25 heavy (non-hydrogen) atoms. The molecule has 1 saturated heterocycles. The minimum absolute atomic E-state index is 0.0182. The molecule has 0 bridgehead atoms. The van der Waals surface area contributed by atoms with E-state index in [4.69, 9.17) is 5.11 Å². The highest BCUT2D eigenvalue weighted by molar-refractivity contribution is 5.93. The van der Waals surface area contributed by atoms with Gasteiger partial charge in [-0.25, -0.2) is 9.50 Å². The van der Waals surface area contributed by atoms with Crippen LogP contribution in [0.15, 0.2) is 17.1 Å². The Kier molecular flexibility index (Phi) is 5.16. The van der Waals surface area contributed by atoms with Gasteiger partial charge in [-0.3, -0.25) is 19.6 Å². The number of rotatable bonds is 4. The predicted octanol–water partition coefficient (Wildman–Crippen LogP) is -1.17. The Morgan fingerprint density at radius 3 is 2.96 bits per heavy atom. The molecule has 1 aliphatic rings. The first kappa shape index (κ1) is 17.6. The highest BCUT2D eigenvalue weighted by Crippen LogP contribution is 2.09. The average molecular weight is 349 g/mol. The van der Waals surface area contributed by atoms with Crippen LogP contribution in [0.4, 0.5) is 0 Å². The van der Waals surface area contributed by atoms with Crippen molar-refractivity contribution >= 4 is 11.6 Å². The number of aromatic amines is 1. The highest BCUT2D eigenvalue weighted by Gasteiger charge is 2.27. The zero-order chi connectivity index (χ0) is 18.0. The molecule has 136 valence electrons. The van der Waals surface area contributed by atoms with Crippen molar-refractivity contribution in [2.75, 3.05) is 39.3 Å². The number of fused-ring (bicyclic) bond motifs is 1. The Labute approximate surface area is 144 Å². The lowest BCUT2D eigenvalue weighted by molar-refractivity contribution is 0.0661. The summed E-state index contributed by atoms with van der Waals surface area (Å²) in [6.45, 7) is 4.16. The first-order valence-corrected chi connectivity index (χ1v) is 8.37. The first-order chi connectivity index (χ1) is 12.0. The third kappa shape index (κ3) is 3.73. The topological polar surface area (TPSA) is 114 Å². The van der Waals surface area contributed by atoms with Gasteiger partial charge in [-0.1, -0.05) is 0 Å². The van der Waals surface area contributed by atoms with Crippen molar-refractivity contribution in [3.8, 4) is 0 Å².